The van der Waals surface area contributed by atoms with Crippen LogP contribution in [0.25, 0.3) is 0 Å². The number of carboxylic acid groups (broad SMARTS) is 1. The van der Waals surface area contributed by atoms with Crippen molar-refractivity contribution in [3.8, 4) is 0 Å². The number of carboxylic acids is 1. The molecule has 6 heteroatoms. The van der Waals surface area contributed by atoms with Crippen LogP contribution < -0.4 is 0 Å². The van der Waals surface area contributed by atoms with E-state index in [0.717, 1.165) is 10.0 Å². The van der Waals surface area contributed by atoms with Gasteiger partial charge in [0.1, 0.15) is 5.92 Å². The van der Waals surface area contributed by atoms with Crippen LogP contribution in [0.5, 0.6) is 0 Å². The fourth-order valence-electron chi connectivity index (χ4n) is 2.56. The summed E-state index contributed by atoms with van der Waals surface area (Å²) < 4.78 is 5.98. The first kappa shape index (κ1) is 16.0. The van der Waals surface area contributed by atoms with Gasteiger partial charge >= 0.3 is 5.97 Å². The lowest BCUT2D eigenvalue weighted by molar-refractivity contribution is -0.142. The van der Waals surface area contributed by atoms with Gasteiger partial charge in [-0.05, 0) is 47.5 Å². The average Bonchev–Trinajstić information content (AvgIpc) is 2.88. The van der Waals surface area contributed by atoms with Gasteiger partial charge in [0.2, 0.25) is 0 Å². The predicted molar refractivity (Wildman–Crippen MR) is 81.3 cm³/mol. The molecule has 1 saturated heterocycles. The summed E-state index contributed by atoms with van der Waals surface area (Å²) in [5.41, 5.74) is 1.59. The zero-order valence-electron chi connectivity index (χ0n) is 12.0. The highest BCUT2D eigenvalue weighted by molar-refractivity contribution is 9.10. The molecular formula is C15H18BrNO4. The number of halogens is 1. The number of hydrogen-bond donors (Lipinski definition) is 1. The van der Waals surface area contributed by atoms with E-state index in [2.05, 4.69) is 15.9 Å². The monoisotopic (exact) mass is 355 g/mol. The van der Waals surface area contributed by atoms with Crippen LogP contribution in [-0.4, -0.2) is 47.7 Å². The van der Waals surface area contributed by atoms with Gasteiger partial charge in [-0.15, -0.1) is 0 Å². The van der Waals surface area contributed by atoms with Crippen LogP contribution in [0, 0.1) is 12.8 Å². The molecule has 1 aromatic rings. The molecule has 1 aliphatic rings. The highest BCUT2D eigenvalue weighted by Crippen LogP contribution is 2.25. The van der Waals surface area contributed by atoms with E-state index in [1.165, 1.54) is 0 Å². The molecule has 5 nitrogen and oxygen atoms in total. The maximum absolute atomic E-state index is 12.7. The fraction of sp³-hybridized carbons (Fsp3) is 0.467. The molecule has 0 aromatic heterocycles. The Labute approximate surface area is 132 Å². The van der Waals surface area contributed by atoms with E-state index in [0.29, 0.717) is 12.1 Å². The second-order valence-corrected chi connectivity index (χ2v) is 5.98. The van der Waals surface area contributed by atoms with E-state index in [1.54, 1.807) is 11.0 Å². The van der Waals surface area contributed by atoms with Gasteiger partial charge in [0.05, 0.1) is 24.8 Å². The van der Waals surface area contributed by atoms with Gasteiger partial charge in [0.25, 0.3) is 5.91 Å². The smallest absolute Gasteiger partial charge is 0.311 e. The molecule has 2 atom stereocenters. The molecule has 21 heavy (non-hydrogen) atoms. The molecule has 1 amide bonds. The number of benzene rings is 1. The largest absolute Gasteiger partial charge is 0.481 e. The van der Waals surface area contributed by atoms with Crippen molar-refractivity contribution in [3.05, 3.63) is 33.8 Å². The lowest BCUT2D eigenvalue weighted by Gasteiger charge is -2.29. The zero-order chi connectivity index (χ0) is 15.6. The molecule has 1 heterocycles. The fourth-order valence-corrected chi connectivity index (χ4v) is 3.23. The van der Waals surface area contributed by atoms with Crippen molar-refractivity contribution in [1.82, 2.24) is 4.90 Å². The molecule has 1 aliphatic heterocycles. The van der Waals surface area contributed by atoms with E-state index in [4.69, 9.17) is 4.74 Å². The van der Waals surface area contributed by atoms with Crippen LogP contribution >= 0.6 is 15.9 Å². The maximum Gasteiger partial charge on any atom is 0.311 e. The molecular weight excluding hydrogens is 338 g/mol. The summed E-state index contributed by atoms with van der Waals surface area (Å²) in [4.78, 5) is 25.6. The van der Waals surface area contributed by atoms with Crippen LogP contribution in [-0.2, 0) is 9.53 Å². The van der Waals surface area contributed by atoms with E-state index in [1.807, 2.05) is 26.0 Å². The summed E-state index contributed by atoms with van der Waals surface area (Å²) in [6.07, 6.45) is 0. The number of ether oxygens (including phenoxy) is 1. The molecule has 1 fully saturated rings. The second-order valence-electron chi connectivity index (χ2n) is 5.12. The standard InChI is InChI=1S/C15H18BrNO4/c1-3-17(13-8-21-7-11(13)15(19)20)14(18)10-5-4-9(2)6-12(10)16/h4-6,11,13H,3,7-8H2,1-2H3,(H,19,20). The van der Waals surface area contributed by atoms with Crippen LogP contribution in [0.4, 0.5) is 0 Å². The van der Waals surface area contributed by atoms with Crippen molar-refractivity contribution in [2.24, 2.45) is 5.92 Å². The Morgan fingerprint density at radius 3 is 2.71 bits per heavy atom. The molecule has 1 aromatic carbocycles. The van der Waals surface area contributed by atoms with Crippen molar-refractivity contribution in [3.63, 3.8) is 0 Å². The number of carbonyl (C=O) groups excluding carboxylic acids is 1. The summed E-state index contributed by atoms with van der Waals surface area (Å²) in [6.45, 7) is 4.65. The van der Waals surface area contributed by atoms with Crippen LogP contribution in [0.15, 0.2) is 22.7 Å². The highest BCUT2D eigenvalue weighted by atomic mass is 79.9. The van der Waals surface area contributed by atoms with Gasteiger partial charge in [-0.25, -0.2) is 0 Å². The Morgan fingerprint density at radius 2 is 2.14 bits per heavy atom. The summed E-state index contributed by atoms with van der Waals surface area (Å²) in [5.74, 6) is -1.77. The van der Waals surface area contributed by atoms with Crippen molar-refractivity contribution in [2.45, 2.75) is 19.9 Å². The number of hydrogen-bond acceptors (Lipinski definition) is 3. The highest BCUT2D eigenvalue weighted by Gasteiger charge is 2.39. The number of rotatable bonds is 4. The number of carbonyl (C=O) groups is 2. The average molecular weight is 356 g/mol. The molecule has 0 aliphatic carbocycles. The minimum Gasteiger partial charge on any atom is -0.481 e. The first-order valence-corrected chi connectivity index (χ1v) is 7.62. The Bertz CT molecular complexity index is 561. The summed E-state index contributed by atoms with van der Waals surface area (Å²) >= 11 is 3.40. The number of nitrogens with zero attached hydrogens (tertiary/aromatic N) is 1. The summed E-state index contributed by atoms with van der Waals surface area (Å²) in [6, 6.07) is 5.08. The molecule has 0 radical (unpaired) electrons. The first-order valence-electron chi connectivity index (χ1n) is 6.83. The zero-order valence-corrected chi connectivity index (χ0v) is 13.6. The molecule has 0 saturated carbocycles. The second kappa shape index (κ2) is 6.58. The molecule has 2 rings (SSSR count). The normalized spacial score (nSPS) is 21.3. The van der Waals surface area contributed by atoms with E-state index in [9.17, 15) is 14.7 Å². The lowest BCUT2D eigenvalue weighted by Crippen LogP contribution is -2.46. The number of aliphatic carboxylic acids is 1. The van der Waals surface area contributed by atoms with Gasteiger partial charge in [-0.3, -0.25) is 9.59 Å². The number of amides is 1. The predicted octanol–water partition coefficient (Wildman–Crippen LogP) is 2.32. The van der Waals surface area contributed by atoms with Crippen molar-refractivity contribution in [1.29, 1.82) is 0 Å². The van der Waals surface area contributed by atoms with Gasteiger partial charge in [0, 0.05) is 11.0 Å². The van der Waals surface area contributed by atoms with Crippen molar-refractivity contribution in [2.75, 3.05) is 19.8 Å². The number of aryl methyl sites for hydroxylation is 1. The third kappa shape index (κ3) is 3.27. The Hall–Kier alpha value is -1.40. The van der Waals surface area contributed by atoms with Gasteiger partial charge in [-0.1, -0.05) is 6.07 Å². The quantitative estimate of drug-likeness (QED) is 0.899. The molecule has 0 spiro atoms. The first-order chi connectivity index (χ1) is 9.95. The molecule has 1 N–H and O–H groups in total. The van der Waals surface area contributed by atoms with Gasteiger partial charge in [0.15, 0.2) is 0 Å². The van der Waals surface area contributed by atoms with Gasteiger partial charge < -0.3 is 14.7 Å². The molecule has 114 valence electrons. The van der Waals surface area contributed by atoms with Gasteiger partial charge in [-0.2, -0.15) is 0 Å². The van der Waals surface area contributed by atoms with Crippen LogP contribution in [0.2, 0.25) is 0 Å². The van der Waals surface area contributed by atoms with Crippen molar-refractivity contribution >= 4 is 27.8 Å². The summed E-state index contributed by atoms with van der Waals surface area (Å²) in [5, 5.41) is 9.24. The molecule has 2 unspecified atom stereocenters. The minimum atomic E-state index is -0.924. The van der Waals surface area contributed by atoms with E-state index < -0.39 is 17.9 Å². The SMILES string of the molecule is CCN(C(=O)c1ccc(C)cc1Br)C1COCC1C(=O)O. The Kier molecular flexibility index (Phi) is 5.00. The lowest BCUT2D eigenvalue weighted by atomic mass is 10.0. The van der Waals surface area contributed by atoms with Crippen LogP contribution in [0.3, 0.4) is 0 Å². The maximum atomic E-state index is 12.7. The Balaban J connectivity index is 2.28. The van der Waals surface area contributed by atoms with E-state index >= 15 is 0 Å². The van der Waals surface area contributed by atoms with E-state index in [-0.39, 0.29) is 19.1 Å². The Morgan fingerprint density at radius 1 is 1.43 bits per heavy atom. The number of likely N-dealkylation sites (N-methyl/N-ethyl adjacent to an activating group) is 1. The van der Waals surface area contributed by atoms with Crippen LogP contribution in [0.1, 0.15) is 22.8 Å². The third-order valence-electron chi connectivity index (χ3n) is 3.72. The third-order valence-corrected chi connectivity index (χ3v) is 4.38. The minimum absolute atomic E-state index is 0.152. The molecule has 0 bridgehead atoms. The topological polar surface area (TPSA) is 66.8 Å². The van der Waals surface area contributed by atoms with Crippen molar-refractivity contribution < 1.29 is 19.4 Å². The summed E-state index contributed by atoms with van der Waals surface area (Å²) in [7, 11) is 0.